The summed E-state index contributed by atoms with van der Waals surface area (Å²) in [5.74, 6) is 0.527. The van der Waals surface area contributed by atoms with E-state index in [2.05, 4.69) is 49.9 Å². The van der Waals surface area contributed by atoms with Gasteiger partial charge >= 0.3 is 0 Å². The highest BCUT2D eigenvalue weighted by Crippen LogP contribution is 2.35. The van der Waals surface area contributed by atoms with Gasteiger partial charge in [0.05, 0.1) is 12.5 Å². The number of nitriles is 1. The van der Waals surface area contributed by atoms with Crippen LogP contribution < -0.4 is 4.90 Å². The van der Waals surface area contributed by atoms with Crippen LogP contribution in [0.25, 0.3) is 0 Å². The molecule has 0 radical (unpaired) electrons. The van der Waals surface area contributed by atoms with Crippen molar-refractivity contribution in [1.82, 2.24) is 0 Å². The molecule has 2 nitrogen and oxygen atoms in total. The largest absolute Gasteiger partial charge is 0.367 e. The summed E-state index contributed by atoms with van der Waals surface area (Å²) in [5, 5.41) is 9.05. The van der Waals surface area contributed by atoms with Crippen molar-refractivity contribution in [1.29, 1.82) is 5.26 Å². The molecule has 0 amide bonds. The number of benzene rings is 1. The van der Waals surface area contributed by atoms with Crippen LogP contribution in [-0.4, -0.2) is 12.6 Å². The summed E-state index contributed by atoms with van der Waals surface area (Å²) in [5.41, 5.74) is 4.15. The summed E-state index contributed by atoms with van der Waals surface area (Å²) in [4.78, 5) is 2.50. The van der Waals surface area contributed by atoms with Crippen LogP contribution >= 0.6 is 0 Å². The predicted molar refractivity (Wildman–Crippen MR) is 80.5 cm³/mol. The topological polar surface area (TPSA) is 27.0 Å². The molecule has 1 atom stereocenters. The van der Waals surface area contributed by atoms with E-state index in [1.54, 1.807) is 0 Å². The molecular formula is C17H24N2. The molecule has 1 saturated heterocycles. The average molecular weight is 256 g/mol. The van der Waals surface area contributed by atoms with E-state index < -0.39 is 0 Å². The Balaban J connectivity index is 2.41. The van der Waals surface area contributed by atoms with Crippen molar-refractivity contribution in [2.24, 2.45) is 0 Å². The van der Waals surface area contributed by atoms with Gasteiger partial charge in [-0.2, -0.15) is 5.26 Å². The number of hydrogen-bond acceptors (Lipinski definition) is 2. The second-order valence-electron chi connectivity index (χ2n) is 5.87. The second kappa shape index (κ2) is 6.10. The second-order valence-corrected chi connectivity index (χ2v) is 5.87. The number of piperidine rings is 1. The SMILES string of the molecule is Cc1cccc(C(C)C)c1N1CCCCC1CC#N. The van der Waals surface area contributed by atoms with Crippen LogP contribution in [0.4, 0.5) is 5.69 Å². The Labute approximate surface area is 117 Å². The van der Waals surface area contributed by atoms with E-state index >= 15 is 0 Å². The summed E-state index contributed by atoms with van der Waals surface area (Å²) >= 11 is 0. The minimum atomic E-state index is 0.400. The molecule has 1 aliphatic heterocycles. The molecule has 1 fully saturated rings. The molecular weight excluding hydrogens is 232 g/mol. The van der Waals surface area contributed by atoms with E-state index in [0.717, 1.165) is 13.0 Å². The van der Waals surface area contributed by atoms with Crippen LogP contribution in [0.5, 0.6) is 0 Å². The summed E-state index contributed by atoms with van der Waals surface area (Å²) in [6, 6.07) is 9.35. The Morgan fingerprint density at radius 1 is 1.37 bits per heavy atom. The van der Waals surface area contributed by atoms with E-state index in [1.807, 2.05) is 0 Å². The summed E-state index contributed by atoms with van der Waals surface area (Å²) in [6.07, 6.45) is 4.30. The van der Waals surface area contributed by atoms with Gasteiger partial charge in [-0.05, 0) is 43.2 Å². The molecule has 1 aromatic carbocycles. The van der Waals surface area contributed by atoms with E-state index in [1.165, 1.54) is 29.7 Å². The maximum Gasteiger partial charge on any atom is 0.0643 e. The quantitative estimate of drug-likeness (QED) is 0.802. The fourth-order valence-electron chi connectivity index (χ4n) is 3.15. The average Bonchev–Trinajstić information content (AvgIpc) is 2.40. The third-order valence-electron chi connectivity index (χ3n) is 4.13. The molecule has 2 heteroatoms. The smallest absolute Gasteiger partial charge is 0.0643 e. The van der Waals surface area contributed by atoms with Crippen molar-refractivity contribution in [3.05, 3.63) is 29.3 Å². The molecule has 0 spiro atoms. The summed E-state index contributed by atoms with van der Waals surface area (Å²) in [7, 11) is 0. The zero-order chi connectivity index (χ0) is 13.8. The van der Waals surface area contributed by atoms with Crippen molar-refractivity contribution in [3.8, 4) is 6.07 Å². The molecule has 2 rings (SSSR count). The zero-order valence-electron chi connectivity index (χ0n) is 12.3. The highest BCUT2D eigenvalue weighted by atomic mass is 15.2. The maximum absolute atomic E-state index is 9.05. The van der Waals surface area contributed by atoms with E-state index in [0.29, 0.717) is 18.4 Å². The minimum Gasteiger partial charge on any atom is -0.367 e. The Morgan fingerprint density at radius 2 is 2.16 bits per heavy atom. The van der Waals surface area contributed by atoms with Crippen LogP contribution in [-0.2, 0) is 0 Å². The van der Waals surface area contributed by atoms with Gasteiger partial charge in [-0.3, -0.25) is 0 Å². The number of para-hydroxylation sites is 1. The van der Waals surface area contributed by atoms with Crippen LogP contribution in [0, 0.1) is 18.3 Å². The van der Waals surface area contributed by atoms with Crippen molar-refractivity contribution < 1.29 is 0 Å². The monoisotopic (exact) mass is 256 g/mol. The normalized spacial score (nSPS) is 19.5. The lowest BCUT2D eigenvalue weighted by Crippen LogP contribution is -2.40. The Kier molecular flexibility index (Phi) is 4.47. The molecule has 1 aliphatic rings. The molecule has 1 unspecified atom stereocenters. The van der Waals surface area contributed by atoms with E-state index in [4.69, 9.17) is 5.26 Å². The third-order valence-corrected chi connectivity index (χ3v) is 4.13. The molecule has 0 N–H and O–H groups in total. The molecule has 19 heavy (non-hydrogen) atoms. The number of hydrogen-bond donors (Lipinski definition) is 0. The summed E-state index contributed by atoms with van der Waals surface area (Å²) < 4.78 is 0. The van der Waals surface area contributed by atoms with Crippen molar-refractivity contribution in [2.45, 2.75) is 58.4 Å². The fraction of sp³-hybridized carbons (Fsp3) is 0.588. The standard InChI is InChI=1S/C17H24N2/c1-13(2)16-9-6-7-14(3)17(16)19-12-5-4-8-15(19)10-11-18/h6-7,9,13,15H,4-5,8,10,12H2,1-3H3. The molecule has 1 aromatic rings. The Bertz CT molecular complexity index is 471. The van der Waals surface area contributed by atoms with E-state index in [9.17, 15) is 0 Å². The van der Waals surface area contributed by atoms with Crippen LogP contribution in [0.2, 0.25) is 0 Å². The maximum atomic E-state index is 9.05. The number of rotatable bonds is 3. The lowest BCUT2D eigenvalue weighted by atomic mass is 9.92. The first-order valence-electron chi connectivity index (χ1n) is 7.38. The van der Waals surface area contributed by atoms with Crippen LogP contribution in [0.15, 0.2) is 18.2 Å². The number of nitrogens with zero attached hydrogens (tertiary/aromatic N) is 2. The molecule has 0 bridgehead atoms. The first-order valence-corrected chi connectivity index (χ1v) is 7.38. The highest BCUT2D eigenvalue weighted by molar-refractivity contribution is 5.61. The van der Waals surface area contributed by atoms with Crippen LogP contribution in [0.3, 0.4) is 0 Å². The molecule has 0 aliphatic carbocycles. The first kappa shape index (κ1) is 13.9. The van der Waals surface area contributed by atoms with Gasteiger partial charge in [0.1, 0.15) is 0 Å². The third kappa shape index (κ3) is 2.92. The van der Waals surface area contributed by atoms with Gasteiger partial charge in [0.25, 0.3) is 0 Å². The van der Waals surface area contributed by atoms with Gasteiger partial charge in [0.15, 0.2) is 0 Å². The summed E-state index contributed by atoms with van der Waals surface area (Å²) in [6.45, 7) is 7.79. The predicted octanol–water partition coefficient (Wildman–Crippen LogP) is 4.39. The van der Waals surface area contributed by atoms with Gasteiger partial charge in [0, 0.05) is 18.3 Å². The zero-order valence-corrected chi connectivity index (χ0v) is 12.3. The van der Waals surface area contributed by atoms with Crippen molar-refractivity contribution in [3.63, 3.8) is 0 Å². The van der Waals surface area contributed by atoms with Crippen LogP contribution in [0.1, 0.15) is 56.6 Å². The molecule has 0 aromatic heterocycles. The Morgan fingerprint density at radius 3 is 2.84 bits per heavy atom. The van der Waals surface area contributed by atoms with Gasteiger partial charge in [-0.25, -0.2) is 0 Å². The highest BCUT2D eigenvalue weighted by Gasteiger charge is 2.25. The lowest BCUT2D eigenvalue weighted by Gasteiger charge is -2.39. The van der Waals surface area contributed by atoms with Gasteiger partial charge in [-0.1, -0.05) is 32.0 Å². The van der Waals surface area contributed by atoms with Gasteiger partial charge in [0.2, 0.25) is 0 Å². The number of aryl methyl sites for hydroxylation is 1. The van der Waals surface area contributed by atoms with Crippen molar-refractivity contribution in [2.75, 3.05) is 11.4 Å². The molecule has 1 heterocycles. The minimum absolute atomic E-state index is 0.400. The Hall–Kier alpha value is -1.49. The van der Waals surface area contributed by atoms with Gasteiger partial charge in [-0.15, -0.1) is 0 Å². The lowest BCUT2D eigenvalue weighted by molar-refractivity contribution is 0.462. The van der Waals surface area contributed by atoms with Crippen molar-refractivity contribution >= 4 is 5.69 Å². The van der Waals surface area contributed by atoms with Gasteiger partial charge < -0.3 is 4.90 Å². The first-order chi connectivity index (χ1) is 9.15. The molecule has 0 saturated carbocycles. The fourth-order valence-corrected chi connectivity index (χ4v) is 3.15. The molecule has 102 valence electrons. The number of anilines is 1. The van der Waals surface area contributed by atoms with E-state index in [-0.39, 0.29) is 0 Å².